The molecule has 0 aliphatic heterocycles. The monoisotopic (exact) mass is 378 g/mol. The van der Waals surface area contributed by atoms with Crippen LogP contribution in [0, 0.1) is 6.92 Å². The quantitative estimate of drug-likeness (QED) is 0.534. The minimum Gasteiger partial charge on any atom is -0.336 e. The Kier molecular flexibility index (Phi) is 4.64. The van der Waals surface area contributed by atoms with Gasteiger partial charge in [-0.15, -0.1) is 5.10 Å². The maximum Gasteiger partial charge on any atom is 0.276 e. The van der Waals surface area contributed by atoms with Gasteiger partial charge in [0.05, 0.1) is 24.5 Å². The van der Waals surface area contributed by atoms with E-state index in [1.807, 2.05) is 36.4 Å². The Morgan fingerprint density at radius 3 is 2.81 bits per heavy atom. The molecule has 136 valence electrons. The molecule has 4 aromatic rings. The number of nitrogens with zero attached hydrogens (tertiary/aromatic N) is 6. The first-order chi connectivity index (χ1) is 13.1. The van der Waals surface area contributed by atoms with Crippen molar-refractivity contribution in [2.45, 2.75) is 20.0 Å². The second-order valence-corrected chi connectivity index (χ2v) is 7.00. The molecule has 4 rings (SSSR count). The second-order valence-electron chi connectivity index (χ2n) is 6.48. The van der Waals surface area contributed by atoms with E-state index in [2.05, 4.69) is 32.0 Å². The van der Waals surface area contributed by atoms with Crippen LogP contribution in [0.2, 0.25) is 0 Å². The smallest absolute Gasteiger partial charge is 0.276 e. The normalized spacial score (nSPS) is 11.0. The van der Waals surface area contributed by atoms with Gasteiger partial charge >= 0.3 is 0 Å². The molecule has 0 bridgehead atoms. The van der Waals surface area contributed by atoms with Crippen molar-refractivity contribution in [1.29, 1.82) is 0 Å². The van der Waals surface area contributed by atoms with E-state index in [0.717, 1.165) is 22.2 Å². The van der Waals surface area contributed by atoms with Crippen LogP contribution in [0.3, 0.4) is 0 Å². The van der Waals surface area contributed by atoms with E-state index in [-0.39, 0.29) is 5.91 Å². The lowest BCUT2D eigenvalue weighted by molar-refractivity contribution is 0.0779. The fourth-order valence-electron chi connectivity index (χ4n) is 2.90. The van der Waals surface area contributed by atoms with Gasteiger partial charge in [0.25, 0.3) is 5.91 Å². The number of hydrogen-bond acceptors (Lipinski definition) is 6. The first kappa shape index (κ1) is 17.3. The fourth-order valence-corrected chi connectivity index (χ4v) is 3.42. The highest BCUT2D eigenvalue weighted by atomic mass is 32.1. The topological polar surface area (TPSA) is 76.8 Å². The summed E-state index contributed by atoms with van der Waals surface area (Å²) in [6.07, 6.45) is 1.69. The summed E-state index contributed by atoms with van der Waals surface area (Å²) in [6, 6.07) is 13.9. The summed E-state index contributed by atoms with van der Waals surface area (Å²) >= 11 is 1.19. The third-order valence-corrected chi connectivity index (χ3v) is 4.99. The molecule has 0 fully saturated rings. The number of amides is 1. The van der Waals surface area contributed by atoms with E-state index in [0.29, 0.717) is 18.8 Å². The number of carbonyl (C=O) groups is 1. The summed E-state index contributed by atoms with van der Waals surface area (Å²) < 4.78 is 10.1. The lowest BCUT2D eigenvalue weighted by atomic mass is 10.1. The van der Waals surface area contributed by atoms with Crippen LogP contribution in [0.15, 0.2) is 48.7 Å². The molecule has 0 spiro atoms. The van der Waals surface area contributed by atoms with Gasteiger partial charge in [-0.25, -0.2) is 4.68 Å². The standard InChI is InChI=1S/C19H18N6OS/c1-13-5-3-4-6-15(13)11-25-12-18(20-23-25)19(26)24(2)10-14-7-8-16-17(9-14)22-27-21-16/h3-9,12H,10-11H2,1-2H3. The zero-order valence-electron chi connectivity index (χ0n) is 15.0. The lowest BCUT2D eigenvalue weighted by Crippen LogP contribution is -2.26. The van der Waals surface area contributed by atoms with Crippen molar-refractivity contribution in [3.05, 3.63) is 71.0 Å². The molecule has 27 heavy (non-hydrogen) atoms. The van der Waals surface area contributed by atoms with E-state index in [1.165, 1.54) is 17.3 Å². The predicted octanol–water partition coefficient (Wildman–Crippen LogP) is 2.91. The Morgan fingerprint density at radius 1 is 1.15 bits per heavy atom. The van der Waals surface area contributed by atoms with Gasteiger partial charge in [0.1, 0.15) is 11.0 Å². The molecular weight excluding hydrogens is 360 g/mol. The summed E-state index contributed by atoms with van der Waals surface area (Å²) in [7, 11) is 1.76. The van der Waals surface area contributed by atoms with E-state index in [4.69, 9.17) is 0 Å². The molecule has 0 unspecified atom stereocenters. The molecule has 0 aliphatic rings. The van der Waals surface area contributed by atoms with E-state index < -0.39 is 0 Å². The molecule has 0 saturated heterocycles. The Labute approximate surface area is 160 Å². The molecule has 0 radical (unpaired) electrons. The summed E-state index contributed by atoms with van der Waals surface area (Å²) in [5, 5.41) is 8.15. The molecule has 0 aliphatic carbocycles. The van der Waals surface area contributed by atoms with Crippen LogP contribution in [0.1, 0.15) is 27.2 Å². The van der Waals surface area contributed by atoms with Gasteiger partial charge in [-0.3, -0.25) is 4.79 Å². The van der Waals surface area contributed by atoms with Gasteiger partial charge in [-0.2, -0.15) is 8.75 Å². The average molecular weight is 378 g/mol. The van der Waals surface area contributed by atoms with Gasteiger partial charge in [-0.1, -0.05) is 35.5 Å². The number of aryl methyl sites for hydroxylation is 1. The van der Waals surface area contributed by atoms with Gasteiger partial charge < -0.3 is 4.90 Å². The predicted molar refractivity (Wildman–Crippen MR) is 104 cm³/mol. The maximum atomic E-state index is 12.7. The molecule has 2 heterocycles. The first-order valence-corrected chi connectivity index (χ1v) is 9.24. The number of hydrogen-bond donors (Lipinski definition) is 0. The Bertz CT molecular complexity index is 1100. The Balaban J connectivity index is 1.45. The van der Waals surface area contributed by atoms with Crippen LogP contribution in [0.5, 0.6) is 0 Å². The summed E-state index contributed by atoms with van der Waals surface area (Å²) in [5.41, 5.74) is 5.39. The molecule has 2 aromatic carbocycles. The Morgan fingerprint density at radius 2 is 1.96 bits per heavy atom. The van der Waals surface area contributed by atoms with Gasteiger partial charge in [0.2, 0.25) is 0 Å². The molecule has 8 heteroatoms. The molecule has 1 amide bonds. The van der Waals surface area contributed by atoms with Crippen LogP contribution in [0.4, 0.5) is 0 Å². The first-order valence-electron chi connectivity index (χ1n) is 8.51. The van der Waals surface area contributed by atoms with Gasteiger partial charge in [0.15, 0.2) is 5.69 Å². The van der Waals surface area contributed by atoms with Crippen LogP contribution in [0.25, 0.3) is 11.0 Å². The van der Waals surface area contributed by atoms with Crippen LogP contribution < -0.4 is 0 Å². The number of benzene rings is 2. The lowest BCUT2D eigenvalue weighted by Gasteiger charge is -2.15. The number of carbonyl (C=O) groups excluding carboxylic acids is 1. The molecular formula is C19H18N6OS. The molecule has 0 atom stereocenters. The van der Waals surface area contributed by atoms with Crippen molar-refractivity contribution in [2.24, 2.45) is 0 Å². The van der Waals surface area contributed by atoms with Gasteiger partial charge in [0, 0.05) is 13.6 Å². The van der Waals surface area contributed by atoms with E-state index in [1.54, 1.807) is 22.8 Å². The van der Waals surface area contributed by atoms with Gasteiger partial charge in [-0.05, 0) is 35.7 Å². The highest BCUT2D eigenvalue weighted by molar-refractivity contribution is 7.00. The fraction of sp³-hybridized carbons (Fsp3) is 0.211. The van der Waals surface area contributed by atoms with E-state index in [9.17, 15) is 4.79 Å². The van der Waals surface area contributed by atoms with Crippen molar-refractivity contribution in [2.75, 3.05) is 7.05 Å². The van der Waals surface area contributed by atoms with Crippen LogP contribution >= 0.6 is 11.7 Å². The zero-order chi connectivity index (χ0) is 18.8. The molecule has 0 saturated carbocycles. The molecule has 0 N–H and O–H groups in total. The molecule has 2 aromatic heterocycles. The number of fused-ring (bicyclic) bond motifs is 1. The van der Waals surface area contributed by atoms with E-state index >= 15 is 0 Å². The minimum atomic E-state index is -0.164. The largest absolute Gasteiger partial charge is 0.336 e. The third kappa shape index (κ3) is 3.70. The zero-order valence-corrected chi connectivity index (χ0v) is 15.8. The van der Waals surface area contributed by atoms with Crippen molar-refractivity contribution in [1.82, 2.24) is 28.6 Å². The maximum absolute atomic E-state index is 12.7. The van der Waals surface area contributed by atoms with Crippen molar-refractivity contribution in [3.63, 3.8) is 0 Å². The highest BCUT2D eigenvalue weighted by Crippen LogP contribution is 2.15. The van der Waals surface area contributed by atoms with Crippen LogP contribution in [-0.2, 0) is 13.1 Å². The molecule has 7 nitrogen and oxygen atoms in total. The Hall–Kier alpha value is -3.13. The summed E-state index contributed by atoms with van der Waals surface area (Å²) in [5.74, 6) is -0.164. The van der Waals surface area contributed by atoms with Crippen molar-refractivity contribution in [3.8, 4) is 0 Å². The highest BCUT2D eigenvalue weighted by Gasteiger charge is 2.16. The summed E-state index contributed by atoms with van der Waals surface area (Å²) in [4.78, 5) is 14.3. The second kappa shape index (κ2) is 7.24. The SMILES string of the molecule is Cc1ccccc1Cn1cc(C(=O)N(C)Cc2ccc3nsnc3c2)nn1. The van der Waals surface area contributed by atoms with Crippen LogP contribution in [-0.4, -0.2) is 41.6 Å². The average Bonchev–Trinajstić information content (AvgIpc) is 3.32. The van der Waals surface area contributed by atoms with Crippen molar-refractivity contribution < 1.29 is 4.79 Å². The number of aromatic nitrogens is 5. The van der Waals surface area contributed by atoms with Crippen molar-refractivity contribution >= 4 is 28.7 Å². The number of rotatable bonds is 5. The summed E-state index contributed by atoms with van der Waals surface area (Å²) in [6.45, 7) is 3.11. The minimum absolute atomic E-state index is 0.164. The third-order valence-electron chi connectivity index (χ3n) is 4.44.